The highest BCUT2D eigenvalue weighted by Crippen LogP contribution is 2.27. The maximum atomic E-state index is 7.29. The van der Waals surface area contributed by atoms with Crippen LogP contribution in [0, 0.1) is 24.7 Å². The molecule has 0 aliphatic rings. The fourth-order valence-corrected chi connectivity index (χ4v) is 2.38. The molecule has 4 nitrogen and oxygen atoms in total. The first-order chi connectivity index (χ1) is 8.82. The van der Waals surface area contributed by atoms with E-state index in [0.717, 1.165) is 26.7 Å². The van der Waals surface area contributed by atoms with Crippen molar-refractivity contribution in [2.75, 3.05) is 0 Å². The van der Waals surface area contributed by atoms with Crippen LogP contribution in [0.2, 0.25) is 0 Å². The summed E-state index contributed by atoms with van der Waals surface area (Å²) in [7, 11) is 0. The lowest BCUT2D eigenvalue weighted by atomic mass is 9.99. The van der Waals surface area contributed by atoms with Crippen molar-refractivity contribution in [1.29, 1.82) is 10.8 Å². The van der Waals surface area contributed by atoms with Gasteiger partial charge in [0.05, 0.1) is 0 Å². The van der Waals surface area contributed by atoms with E-state index in [9.17, 15) is 0 Å². The lowest BCUT2D eigenvalue weighted by Gasteiger charge is -2.16. The van der Waals surface area contributed by atoms with Crippen molar-refractivity contribution in [3.63, 3.8) is 0 Å². The molecule has 0 bridgehead atoms. The lowest BCUT2D eigenvalue weighted by Crippen LogP contribution is -2.20. The van der Waals surface area contributed by atoms with E-state index in [-0.39, 0.29) is 10.3 Å². The molecule has 0 aliphatic carbocycles. The summed E-state index contributed by atoms with van der Waals surface area (Å²) in [5.41, 5.74) is 4.48. The first-order valence-electron chi connectivity index (χ1n) is 5.63. The molecule has 0 saturated carbocycles. The number of halogens is 1. The van der Waals surface area contributed by atoms with Crippen LogP contribution in [0.5, 0.6) is 0 Å². The van der Waals surface area contributed by atoms with Gasteiger partial charge in [0.2, 0.25) is 0 Å². The zero-order chi connectivity index (χ0) is 14.6. The van der Waals surface area contributed by atoms with Gasteiger partial charge in [-0.3, -0.25) is 10.8 Å². The van der Waals surface area contributed by atoms with Gasteiger partial charge in [-0.25, -0.2) is 0 Å². The standard InChI is InChI=1S/C12H17BrN4S2/c1-6-8(4-16-11(14)18)3-9(5-17-12(15)19)7(2)10(6)13/h3H,4-5H2,1-2H3,(H3,14,16,18)(H3,15,17,19). The molecule has 0 fully saturated rings. The molecule has 7 heteroatoms. The van der Waals surface area contributed by atoms with Crippen LogP contribution in [0.15, 0.2) is 10.5 Å². The van der Waals surface area contributed by atoms with Crippen molar-refractivity contribution in [3.05, 3.63) is 32.8 Å². The van der Waals surface area contributed by atoms with Crippen LogP contribution in [-0.4, -0.2) is 10.3 Å². The van der Waals surface area contributed by atoms with E-state index >= 15 is 0 Å². The minimum Gasteiger partial charge on any atom is -0.361 e. The summed E-state index contributed by atoms with van der Waals surface area (Å²) in [6, 6.07) is 2.07. The summed E-state index contributed by atoms with van der Waals surface area (Å²) in [5.74, 6) is 0. The Kier molecular flexibility index (Phi) is 6.22. The van der Waals surface area contributed by atoms with Gasteiger partial charge in [-0.1, -0.05) is 22.0 Å². The first-order valence-corrected chi connectivity index (χ1v) is 7.32. The third-order valence-electron chi connectivity index (χ3n) is 2.86. The van der Waals surface area contributed by atoms with Gasteiger partial charge in [0.1, 0.15) is 0 Å². The molecule has 0 aliphatic heterocycles. The molecule has 0 heterocycles. The van der Waals surface area contributed by atoms with Crippen LogP contribution < -0.4 is 10.6 Å². The smallest absolute Gasteiger partial charge is 0.150 e. The first kappa shape index (κ1) is 16.4. The largest absolute Gasteiger partial charge is 0.361 e. The van der Waals surface area contributed by atoms with Crippen molar-refractivity contribution in [2.24, 2.45) is 0 Å². The topological polar surface area (TPSA) is 71.8 Å². The summed E-state index contributed by atoms with van der Waals surface area (Å²) in [5, 5.41) is 20.7. The Morgan fingerprint density at radius 3 is 1.74 bits per heavy atom. The number of hydrogen-bond donors (Lipinski definition) is 6. The van der Waals surface area contributed by atoms with Crippen molar-refractivity contribution in [1.82, 2.24) is 10.6 Å². The average molecular weight is 361 g/mol. The molecular formula is C12H17BrN4S2. The van der Waals surface area contributed by atoms with E-state index in [1.807, 2.05) is 13.8 Å². The fourth-order valence-electron chi connectivity index (χ4n) is 1.72. The SMILES string of the molecule is Cc1c(CNC(=N)S)cc(CNC(=N)S)c(C)c1Br. The maximum Gasteiger partial charge on any atom is 0.150 e. The maximum absolute atomic E-state index is 7.29. The zero-order valence-electron chi connectivity index (χ0n) is 10.8. The molecule has 0 atom stereocenters. The third-order valence-corrected chi connectivity index (χ3v) is 4.37. The Morgan fingerprint density at radius 1 is 1.05 bits per heavy atom. The van der Waals surface area contributed by atoms with Gasteiger partial charge in [0.25, 0.3) is 0 Å². The van der Waals surface area contributed by atoms with Crippen LogP contribution in [0.1, 0.15) is 22.3 Å². The molecule has 1 aromatic rings. The third kappa shape index (κ3) is 4.74. The fraction of sp³-hybridized carbons (Fsp3) is 0.333. The van der Waals surface area contributed by atoms with Crippen LogP contribution >= 0.6 is 41.2 Å². The number of amidine groups is 2. The molecule has 0 unspecified atom stereocenters. The molecule has 1 aromatic carbocycles. The van der Waals surface area contributed by atoms with E-state index in [4.69, 9.17) is 10.8 Å². The normalized spacial score (nSPS) is 10.2. The van der Waals surface area contributed by atoms with Gasteiger partial charge in [0, 0.05) is 17.6 Å². The number of rotatable bonds is 4. The van der Waals surface area contributed by atoms with Gasteiger partial charge >= 0.3 is 0 Å². The summed E-state index contributed by atoms with van der Waals surface area (Å²) in [6.45, 7) is 5.18. The van der Waals surface area contributed by atoms with E-state index in [0.29, 0.717) is 13.1 Å². The van der Waals surface area contributed by atoms with Crippen molar-refractivity contribution in [2.45, 2.75) is 26.9 Å². The van der Waals surface area contributed by atoms with Crippen LogP contribution in [-0.2, 0) is 13.1 Å². The molecule has 0 amide bonds. The molecule has 0 saturated heterocycles. The molecule has 0 radical (unpaired) electrons. The summed E-state index contributed by atoms with van der Waals surface area (Å²) < 4.78 is 1.06. The minimum absolute atomic E-state index is 0.146. The Balaban J connectivity index is 3.04. The number of benzene rings is 1. The second kappa shape index (κ2) is 7.21. The Morgan fingerprint density at radius 2 is 1.42 bits per heavy atom. The molecule has 1 rings (SSSR count). The van der Waals surface area contributed by atoms with Crippen molar-refractivity contribution in [3.8, 4) is 0 Å². The van der Waals surface area contributed by atoms with E-state index in [1.165, 1.54) is 0 Å². The highest BCUT2D eigenvalue weighted by molar-refractivity contribution is 9.10. The second-order valence-electron chi connectivity index (χ2n) is 4.16. The Bertz CT molecular complexity index is 475. The van der Waals surface area contributed by atoms with Crippen LogP contribution in [0.4, 0.5) is 0 Å². The highest BCUT2D eigenvalue weighted by atomic mass is 79.9. The number of hydrogen-bond acceptors (Lipinski definition) is 2. The Labute approximate surface area is 132 Å². The molecule has 104 valence electrons. The Hall–Kier alpha value is -0.660. The summed E-state index contributed by atoms with van der Waals surface area (Å²) >= 11 is 11.4. The van der Waals surface area contributed by atoms with Gasteiger partial charge in [-0.15, -0.1) is 25.3 Å². The van der Waals surface area contributed by atoms with Crippen molar-refractivity contribution >= 4 is 51.5 Å². The van der Waals surface area contributed by atoms with Crippen LogP contribution in [0.25, 0.3) is 0 Å². The summed E-state index contributed by atoms with van der Waals surface area (Å²) in [4.78, 5) is 0. The number of nitrogens with one attached hydrogen (secondary N) is 4. The summed E-state index contributed by atoms with van der Waals surface area (Å²) in [6.07, 6.45) is 0. The van der Waals surface area contributed by atoms with Crippen LogP contribution in [0.3, 0.4) is 0 Å². The average Bonchev–Trinajstić information content (AvgIpc) is 2.33. The van der Waals surface area contributed by atoms with Gasteiger partial charge in [-0.05, 0) is 36.1 Å². The zero-order valence-corrected chi connectivity index (χ0v) is 14.1. The monoisotopic (exact) mass is 360 g/mol. The molecule has 0 spiro atoms. The highest BCUT2D eigenvalue weighted by Gasteiger charge is 2.10. The van der Waals surface area contributed by atoms with E-state index in [2.05, 4.69) is 57.9 Å². The lowest BCUT2D eigenvalue weighted by molar-refractivity contribution is 0.876. The minimum atomic E-state index is 0.146. The van der Waals surface area contributed by atoms with Gasteiger partial charge in [0.15, 0.2) is 10.3 Å². The van der Waals surface area contributed by atoms with Gasteiger partial charge < -0.3 is 10.6 Å². The van der Waals surface area contributed by atoms with Gasteiger partial charge in [-0.2, -0.15) is 0 Å². The molecule has 4 N–H and O–H groups in total. The van der Waals surface area contributed by atoms with E-state index < -0.39 is 0 Å². The van der Waals surface area contributed by atoms with E-state index in [1.54, 1.807) is 0 Å². The quantitative estimate of drug-likeness (QED) is 0.284. The second-order valence-corrected chi connectivity index (χ2v) is 5.85. The molecular weight excluding hydrogens is 344 g/mol. The molecule has 0 aromatic heterocycles. The predicted molar refractivity (Wildman–Crippen MR) is 90.7 cm³/mol. The molecule has 19 heavy (non-hydrogen) atoms. The predicted octanol–water partition coefficient (Wildman–Crippen LogP) is 2.97. The number of thiol groups is 2. The van der Waals surface area contributed by atoms with Crippen molar-refractivity contribution < 1.29 is 0 Å².